The Hall–Kier alpha value is -4.11. The number of ether oxygens (including phenoxy) is 1. The molecule has 0 fully saturated rings. The number of carbonyl (C=O) groups is 1. The zero-order chi connectivity index (χ0) is 31.1. The number of hydrogen-bond donors (Lipinski definition) is 1. The number of nitrogen functional groups attached to an aromatic ring is 1. The van der Waals surface area contributed by atoms with Crippen molar-refractivity contribution in [2.24, 2.45) is 7.05 Å². The molecule has 10 nitrogen and oxygen atoms in total. The van der Waals surface area contributed by atoms with E-state index in [4.69, 9.17) is 10.5 Å². The number of aromatic nitrogens is 5. The van der Waals surface area contributed by atoms with Gasteiger partial charge in [0.25, 0.3) is 5.95 Å². The number of nitrogens with two attached hydrogens (primary N) is 1. The molecule has 0 aliphatic carbocycles. The van der Waals surface area contributed by atoms with Gasteiger partial charge in [-0.1, -0.05) is 12.0 Å². The zero-order valence-electron chi connectivity index (χ0n) is 23.5. The Morgan fingerprint density at radius 2 is 1.74 bits per heavy atom. The third-order valence-corrected chi connectivity index (χ3v) is 6.83. The van der Waals surface area contributed by atoms with Gasteiger partial charge < -0.3 is 15.4 Å². The van der Waals surface area contributed by atoms with Crippen LogP contribution < -0.4 is 15.5 Å². The molecule has 1 aliphatic rings. The van der Waals surface area contributed by atoms with Crippen molar-refractivity contribution in [1.82, 2.24) is 25.2 Å². The first-order chi connectivity index (χ1) is 19.5. The lowest BCUT2D eigenvalue weighted by Gasteiger charge is -2.43. The van der Waals surface area contributed by atoms with Gasteiger partial charge in [0.05, 0.1) is 41.7 Å². The third-order valence-electron chi connectivity index (χ3n) is 6.83. The normalized spacial score (nSPS) is 17.4. The fraction of sp³-hybridized carbons (Fsp3) is 0.500. The third kappa shape index (κ3) is 6.36. The van der Waals surface area contributed by atoms with E-state index in [0.717, 1.165) is 4.80 Å². The molecule has 2 atom stereocenters. The fourth-order valence-electron chi connectivity index (χ4n) is 4.88. The van der Waals surface area contributed by atoms with Crippen LogP contribution in [0.5, 0.6) is 0 Å². The average molecular weight is 601 g/mol. The first-order valence-corrected chi connectivity index (χ1v) is 13.0. The van der Waals surface area contributed by atoms with Crippen LogP contribution in [0.2, 0.25) is 0 Å². The molecule has 16 heteroatoms. The van der Waals surface area contributed by atoms with E-state index < -0.39 is 54.3 Å². The summed E-state index contributed by atoms with van der Waals surface area (Å²) in [5.41, 5.74) is 4.13. The second kappa shape index (κ2) is 11.3. The van der Waals surface area contributed by atoms with Crippen LogP contribution in [0.25, 0.3) is 0 Å². The lowest BCUT2D eigenvalue weighted by Crippen LogP contribution is -2.49. The number of hydrogen-bond acceptors (Lipinski definition) is 8. The van der Waals surface area contributed by atoms with E-state index in [-0.39, 0.29) is 35.5 Å². The molecule has 0 saturated heterocycles. The number of pyridine rings is 1. The molecular formula is C26H30F6N8O2. The molecule has 2 aromatic heterocycles. The Bertz CT molecular complexity index is 1420. The summed E-state index contributed by atoms with van der Waals surface area (Å²) in [6, 6.07) is 1.74. The minimum absolute atomic E-state index is 0.0616. The molecular weight excluding hydrogens is 570 g/mol. The molecule has 42 heavy (non-hydrogen) atoms. The highest BCUT2D eigenvalue weighted by atomic mass is 19.4. The molecule has 0 saturated carbocycles. The van der Waals surface area contributed by atoms with Crippen molar-refractivity contribution in [3.05, 3.63) is 52.2 Å². The Morgan fingerprint density at radius 3 is 2.24 bits per heavy atom. The van der Waals surface area contributed by atoms with E-state index in [1.807, 2.05) is 6.92 Å². The highest BCUT2D eigenvalue weighted by Gasteiger charge is 2.42. The number of benzene rings is 1. The summed E-state index contributed by atoms with van der Waals surface area (Å²) in [5, 5.41) is 12.0. The molecule has 0 bridgehead atoms. The van der Waals surface area contributed by atoms with Crippen molar-refractivity contribution < 1.29 is 35.9 Å². The zero-order valence-corrected chi connectivity index (χ0v) is 23.5. The monoisotopic (exact) mass is 600 g/mol. The predicted molar refractivity (Wildman–Crippen MR) is 140 cm³/mol. The maximum Gasteiger partial charge on any atom is 0.416 e. The van der Waals surface area contributed by atoms with E-state index in [1.165, 1.54) is 16.8 Å². The summed E-state index contributed by atoms with van der Waals surface area (Å²) >= 11 is 0. The standard InChI is InChI=1S/C26H30F6N8O2/c1-6-18-11-19(21-20(7-14(4)22(33)34-21)40(18)24(41)42-13(2)3)39(23-35-37-38(5)36-23)12-15-8-16(25(27,28)29)10-17(9-15)26(30,31)32/h7-10,13,18-19H,6,11-12H2,1-5H3,(H2,33,34)/t18-,19+/m0/s1. The second-order valence-corrected chi connectivity index (χ2v) is 10.3. The summed E-state index contributed by atoms with van der Waals surface area (Å²) in [5.74, 6) is 0.0739. The summed E-state index contributed by atoms with van der Waals surface area (Å²) in [4.78, 5) is 21.7. The van der Waals surface area contributed by atoms with Crippen molar-refractivity contribution in [2.45, 2.75) is 77.6 Å². The number of carbonyl (C=O) groups excluding carboxylic acids is 1. The highest BCUT2D eigenvalue weighted by Crippen LogP contribution is 2.44. The van der Waals surface area contributed by atoms with Crippen molar-refractivity contribution in [2.75, 3.05) is 15.5 Å². The van der Waals surface area contributed by atoms with E-state index in [9.17, 15) is 31.1 Å². The van der Waals surface area contributed by atoms with Gasteiger partial charge in [-0.3, -0.25) is 4.90 Å². The molecule has 4 rings (SSSR count). The maximum atomic E-state index is 13.6. The molecule has 2 N–H and O–H groups in total. The number of fused-ring (bicyclic) bond motifs is 1. The first kappa shape index (κ1) is 30.8. The molecule has 228 valence electrons. The van der Waals surface area contributed by atoms with Crippen LogP contribution >= 0.6 is 0 Å². The number of anilines is 3. The van der Waals surface area contributed by atoms with Gasteiger partial charge >= 0.3 is 18.4 Å². The number of nitrogens with zero attached hydrogens (tertiary/aromatic N) is 7. The summed E-state index contributed by atoms with van der Waals surface area (Å²) in [6.07, 6.45) is -10.5. The van der Waals surface area contributed by atoms with Crippen LogP contribution in [0.3, 0.4) is 0 Å². The number of halogens is 6. The maximum absolute atomic E-state index is 13.6. The minimum atomic E-state index is -5.03. The highest BCUT2D eigenvalue weighted by molar-refractivity contribution is 5.90. The van der Waals surface area contributed by atoms with Gasteiger partial charge in [0, 0.05) is 12.6 Å². The SMILES string of the molecule is CC[C@H]1C[C@@H](N(Cc2cc(C(F)(F)F)cc(C(F)(F)F)c2)c2nnn(C)n2)c2nc(N)c(C)cc2N1C(=O)OC(C)C. The lowest BCUT2D eigenvalue weighted by atomic mass is 9.91. The second-order valence-electron chi connectivity index (χ2n) is 10.3. The molecule has 1 aromatic carbocycles. The molecule has 3 aromatic rings. The van der Waals surface area contributed by atoms with Crippen LogP contribution in [0.4, 0.5) is 48.6 Å². The van der Waals surface area contributed by atoms with Crippen LogP contribution in [-0.4, -0.2) is 43.4 Å². The van der Waals surface area contributed by atoms with Gasteiger partial charge in [-0.15, -0.1) is 5.10 Å². The minimum Gasteiger partial charge on any atom is -0.446 e. The van der Waals surface area contributed by atoms with Crippen molar-refractivity contribution in [3.8, 4) is 0 Å². The quantitative estimate of drug-likeness (QED) is 0.353. The van der Waals surface area contributed by atoms with Gasteiger partial charge in [-0.25, -0.2) is 9.78 Å². The molecule has 0 radical (unpaired) electrons. The van der Waals surface area contributed by atoms with Gasteiger partial charge in [-0.05, 0) is 74.2 Å². The number of aryl methyl sites for hydroxylation is 2. The van der Waals surface area contributed by atoms with E-state index in [0.29, 0.717) is 29.8 Å². The molecule has 3 heterocycles. The van der Waals surface area contributed by atoms with Crippen LogP contribution in [-0.2, 0) is 30.7 Å². The Balaban J connectivity index is 1.90. The van der Waals surface area contributed by atoms with E-state index >= 15 is 0 Å². The van der Waals surface area contributed by atoms with Crippen LogP contribution in [0, 0.1) is 6.92 Å². The van der Waals surface area contributed by atoms with Crippen molar-refractivity contribution >= 4 is 23.5 Å². The molecule has 0 spiro atoms. The first-order valence-electron chi connectivity index (χ1n) is 13.0. The topological polar surface area (TPSA) is 115 Å². The van der Waals surface area contributed by atoms with E-state index in [1.54, 1.807) is 26.8 Å². The number of tetrazole rings is 1. The van der Waals surface area contributed by atoms with Gasteiger partial charge in [0.15, 0.2) is 0 Å². The summed E-state index contributed by atoms with van der Waals surface area (Å²) in [6.45, 7) is 6.47. The summed E-state index contributed by atoms with van der Waals surface area (Å²) in [7, 11) is 1.47. The van der Waals surface area contributed by atoms with E-state index in [2.05, 4.69) is 20.4 Å². The Labute approximate surface area is 237 Å². The molecule has 0 unspecified atom stereocenters. The summed E-state index contributed by atoms with van der Waals surface area (Å²) < 4.78 is 87.4. The smallest absolute Gasteiger partial charge is 0.416 e. The number of amides is 1. The average Bonchev–Trinajstić information content (AvgIpc) is 3.31. The van der Waals surface area contributed by atoms with Gasteiger partial charge in [-0.2, -0.15) is 31.1 Å². The van der Waals surface area contributed by atoms with Crippen molar-refractivity contribution in [3.63, 3.8) is 0 Å². The predicted octanol–water partition coefficient (Wildman–Crippen LogP) is 5.81. The van der Waals surface area contributed by atoms with Crippen LogP contribution in [0.15, 0.2) is 24.3 Å². The molecule has 1 aliphatic heterocycles. The van der Waals surface area contributed by atoms with Gasteiger partial charge in [0.1, 0.15) is 5.82 Å². The van der Waals surface area contributed by atoms with Gasteiger partial charge in [0.2, 0.25) is 0 Å². The van der Waals surface area contributed by atoms with Crippen LogP contribution in [0.1, 0.15) is 67.6 Å². The lowest BCUT2D eigenvalue weighted by molar-refractivity contribution is -0.143. The number of rotatable bonds is 6. The molecule has 1 amide bonds. The number of alkyl halides is 6. The Kier molecular flexibility index (Phi) is 8.29. The Morgan fingerprint density at radius 1 is 1.12 bits per heavy atom. The van der Waals surface area contributed by atoms with Crippen molar-refractivity contribution in [1.29, 1.82) is 0 Å². The largest absolute Gasteiger partial charge is 0.446 e. The fourth-order valence-corrected chi connectivity index (χ4v) is 4.88.